The number of aryl methyl sites for hydroxylation is 1. The molecular formula is C16H14N6O2. The van der Waals surface area contributed by atoms with Crippen LogP contribution in [0.1, 0.15) is 29.2 Å². The van der Waals surface area contributed by atoms with E-state index in [1.54, 1.807) is 23.1 Å². The van der Waals surface area contributed by atoms with Crippen LogP contribution in [0.3, 0.4) is 0 Å². The van der Waals surface area contributed by atoms with Gasteiger partial charge in [-0.1, -0.05) is 0 Å². The molecule has 0 spiro atoms. The highest BCUT2D eigenvalue weighted by molar-refractivity contribution is 5.95. The lowest BCUT2D eigenvalue weighted by Crippen LogP contribution is -2.25. The molecule has 1 amide bonds. The molecule has 0 bridgehead atoms. The lowest BCUT2D eigenvalue weighted by atomic mass is 9.86. The summed E-state index contributed by atoms with van der Waals surface area (Å²) in [6, 6.07) is 6.74. The van der Waals surface area contributed by atoms with E-state index in [9.17, 15) is 9.59 Å². The normalized spacial score (nSPS) is 16.5. The van der Waals surface area contributed by atoms with E-state index in [1.165, 1.54) is 6.07 Å². The Hall–Kier alpha value is -3.29. The first-order chi connectivity index (χ1) is 11.6. The number of amides is 1. The van der Waals surface area contributed by atoms with Crippen molar-refractivity contribution < 1.29 is 4.79 Å². The molecule has 0 unspecified atom stereocenters. The second-order valence-electron chi connectivity index (χ2n) is 5.62. The van der Waals surface area contributed by atoms with Gasteiger partial charge in [-0.15, -0.1) is 0 Å². The summed E-state index contributed by atoms with van der Waals surface area (Å²) in [6.07, 6.45) is 3.78. The highest BCUT2D eigenvalue weighted by atomic mass is 16.1. The molecule has 0 fully saturated rings. The fourth-order valence-electron chi connectivity index (χ4n) is 3.05. The Balaban J connectivity index is 1.89. The standard InChI is InChI=1S/C16H14N6O2/c1-9-15-11(10-4-6-17-7-5-10)8-14(24)18-16(15)22(21-9)12-2-3-13(23)20-19-12/h2-7,11H,8H2,1H3,(H,18,24)(H,20,23)/t11-/m0/s1. The average molecular weight is 322 g/mol. The van der Waals surface area contributed by atoms with E-state index in [0.717, 1.165) is 16.8 Å². The number of hydrogen-bond acceptors (Lipinski definition) is 5. The number of H-pyrrole nitrogens is 1. The molecule has 0 saturated carbocycles. The van der Waals surface area contributed by atoms with Crippen LogP contribution in [0.25, 0.3) is 5.82 Å². The number of aromatic nitrogens is 5. The van der Waals surface area contributed by atoms with E-state index >= 15 is 0 Å². The minimum absolute atomic E-state index is 0.0881. The Bertz CT molecular complexity index is 955. The molecule has 2 N–H and O–H groups in total. The van der Waals surface area contributed by atoms with Crippen molar-refractivity contribution in [3.8, 4) is 5.82 Å². The predicted octanol–water partition coefficient (Wildman–Crippen LogP) is 1.13. The summed E-state index contributed by atoms with van der Waals surface area (Å²) in [6.45, 7) is 1.90. The van der Waals surface area contributed by atoms with E-state index < -0.39 is 0 Å². The number of pyridine rings is 1. The second kappa shape index (κ2) is 5.41. The molecule has 0 radical (unpaired) electrons. The smallest absolute Gasteiger partial charge is 0.264 e. The van der Waals surface area contributed by atoms with Gasteiger partial charge in [-0.3, -0.25) is 14.6 Å². The number of anilines is 1. The molecular weight excluding hydrogens is 308 g/mol. The maximum absolute atomic E-state index is 12.2. The number of carbonyl (C=O) groups excluding carboxylic acids is 1. The van der Waals surface area contributed by atoms with Gasteiger partial charge in [0.25, 0.3) is 5.56 Å². The fourth-order valence-corrected chi connectivity index (χ4v) is 3.05. The predicted molar refractivity (Wildman–Crippen MR) is 86.0 cm³/mol. The van der Waals surface area contributed by atoms with E-state index in [1.807, 2.05) is 19.1 Å². The zero-order chi connectivity index (χ0) is 16.7. The molecule has 4 heterocycles. The molecule has 24 heavy (non-hydrogen) atoms. The first kappa shape index (κ1) is 14.3. The zero-order valence-corrected chi connectivity index (χ0v) is 12.9. The molecule has 0 saturated heterocycles. The molecule has 4 rings (SSSR count). The lowest BCUT2D eigenvalue weighted by Gasteiger charge is -2.24. The molecule has 8 heteroatoms. The third-order valence-corrected chi connectivity index (χ3v) is 4.09. The third kappa shape index (κ3) is 2.28. The van der Waals surface area contributed by atoms with Crippen LogP contribution in [0.4, 0.5) is 5.82 Å². The van der Waals surface area contributed by atoms with Crippen LogP contribution in [-0.4, -0.2) is 30.9 Å². The van der Waals surface area contributed by atoms with Gasteiger partial charge in [0.15, 0.2) is 5.82 Å². The summed E-state index contributed by atoms with van der Waals surface area (Å²) < 4.78 is 1.55. The number of fused-ring (bicyclic) bond motifs is 1. The first-order valence-corrected chi connectivity index (χ1v) is 7.49. The number of aromatic amines is 1. The highest BCUT2D eigenvalue weighted by Gasteiger charge is 2.32. The van der Waals surface area contributed by atoms with Crippen molar-refractivity contribution in [2.75, 3.05) is 5.32 Å². The molecule has 1 aliphatic heterocycles. The maximum Gasteiger partial charge on any atom is 0.264 e. The van der Waals surface area contributed by atoms with Crippen LogP contribution in [0.15, 0.2) is 41.5 Å². The van der Waals surface area contributed by atoms with Crippen molar-refractivity contribution in [2.45, 2.75) is 19.3 Å². The molecule has 120 valence electrons. The highest BCUT2D eigenvalue weighted by Crippen LogP contribution is 2.39. The van der Waals surface area contributed by atoms with Gasteiger partial charge < -0.3 is 5.32 Å². The van der Waals surface area contributed by atoms with Crippen molar-refractivity contribution in [3.63, 3.8) is 0 Å². The van der Waals surface area contributed by atoms with Crippen molar-refractivity contribution >= 4 is 11.7 Å². The zero-order valence-electron chi connectivity index (χ0n) is 12.9. The number of nitrogens with one attached hydrogen (secondary N) is 2. The lowest BCUT2D eigenvalue weighted by molar-refractivity contribution is -0.116. The Morgan fingerprint density at radius 2 is 1.96 bits per heavy atom. The maximum atomic E-state index is 12.2. The van der Waals surface area contributed by atoms with Crippen LogP contribution in [-0.2, 0) is 4.79 Å². The largest absolute Gasteiger partial charge is 0.310 e. The molecule has 3 aromatic rings. The van der Waals surface area contributed by atoms with Crippen LogP contribution >= 0.6 is 0 Å². The third-order valence-electron chi connectivity index (χ3n) is 4.09. The summed E-state index contributed by atoms with van der Waals surface area (Å²) in [7, 11) is 0. The monoisotopic (exact) mass is 322 g/mol. The molecule has 1 aliphatic rings. The number of nitrogens with zero attached hydrogens (tertiary/aromatic N) is 4. The van der Waals surface area contributed by atoms with Gasteiger partial charge in [-0.2, -0.15) is 14.9 Å². The van der Waals surface area contributed by atoms with Crippen LogP contribution in [0.2, 0.25) is 0 Å². The van der Waals surface area contributed by atoms with Crippen LogP contribution in [0.5, 0.6) is 0 Å². The summed E-state index contributed by atoms with van der Waals surface area (Å²) in [5.74, 6) is 0.850. The van der Waals surface area contributed by atoms with Gasteiger partial charge in [-0.25, -0.2) is 5.10 Å². The molecule has 3 aromatic heterocycles. The Labute approximate surface area is 136 Å². The quantitative estimate of drug-likeness (QED) is 0.736. The number of hydrogen-bond donors (Lipinski definition) is 2. The first-order valence-electron chi connectivity index (χ1n) is 7.49. The van der Waals surface area contributed by atoms with E-state index in [0.29, 0.717) is 18.1 Å². The van der Waals surface area contributed by atoms with E-state index in [4.69, 9.17) is 0 Å². The molecule has 1 atom stereocenters. The summed E-state index contributed by atoms with van der Waals surface area (Å²) in [4.78, 5) is 27.5. The Morgan fingerprint density at radius 1 is 1.17 bits per heavy atom. The van der Waals surface area contributed by atoms with Gasteiger partial charge in [0, 0.05) is 36.4 Å². The van der Waals surface area contributed by atoms with Crippen molar-refractivity contribution in [2.24, 2.45) is 0 Å². The molecule has 0 aromatic carbocycles. The summed E-state index contributed by atoms with van der Waals surface area (Å²) in [5.41, 5.74) is 2.47. The summed E-state index contributed by atoms with van der Waals surface area (Å²) in [5, 5.41) is 13.8. The van der Waals surface area contributed by atoms with Gasteiger partial charge >= 0.3 is 0 Å². The van der Waals surface area contributed by atoms with Gasteiger partial charge in [0.1, 0.15) is 5.82 Å². The van der Waals surface area contributed by atoms with Gasteiger partial charge in [0.05, 0.1) is 5.69 Å². The van der Waals surface area contributed by atoms with E-state index in [-0.39, 0.29) is 17.4 Å². The van der Waals surface area contributed by atoms with Crippen molar-refractivity contribution in [1.82, 2.24) is 25.0 Å². The number of carbonyl (C=O) groups is 1. The number of rotatable bonds is 2. The van der Waals surface area contributed by atoms with Gasteiger partial charge in [-0.05, 0) is 30.7 Å². The second-order valence-corrected chi connectivity index (χ2v) is 5.62. The minimum Gasteiger partial charge on any atom is -0.310 e. The van der Waals surface area contributed by atoms with Gasteiger partial charge in [0.2, 0.25) is 5.91 Å². The topological polar surface area (TPSA) is 106 Å². The molecule has 8 nitrogen and oxygen atoms in total. The van der Waals surface area contributed by atoms with Crippen LogP contribution < -0.4 is 10.9 Å². The molecule has 0 aliphatic carbocycles. The average Bonchev–Trinajstić information content (AvgIpc) is 2.92. The fraction of sp³-hybridized carbons (Fsp3) is 0.188. The SMILES string of the molecule is Cc1nn(-c2ccc(=O)[nH]n2)c2c1[C@H](c1ccncc1)CC(=O)N2. The minimum atomic E-state index is -0.296. The Morgan fingerprint density at radius 3 is 2.67 bits per heavy atom. The Kier molecular flexibility index (Phi) is 3.23. The van der Waals surface area contributed by atoms with Crippen LogP contribution in [0, 0.1) is 6.92 Å². The summed E-state index contributed by atoms with van der Waals surface area (Å²) >= 11 is 0. The van der Waals surface area contributed by atoms with E-state index in [2.05, 4.69) is 25.6 Å². The van der Waals surface area contributed by atoms with Crippen molar-refractivity contribution in [3.05, 3.63) is 63.8 Å². The van der Waals surface area contributed by atoms with Crippen molar-refractivity contribution in [1.29, 1.82) is 0 Å².